The minimum absolute atomic E-state index is 0.141. The first-order valence-corrected chi connectivity index (χ1v) is 6.36. The van der Waals surface area contributed by atoms with E-state index in [1.165, 1.54) is 5.56 Å². The maximum Gasteiger partial charge on any atom is 0.147 e. The van der Waals surface area contributed by atoms with Gasteiger partial charge in [0.15, 0.2) is 0 Å². The van der Waals surface area contributed by atoms with E-state index in [9.17, 15) is 0 Å². The quantitative estimate of drug-likeness (QED) is 0.881. The third-order valence-electron chi connectivity index (χ3n) is 3.00. The second-order valence-corrected chi connectivity index (χ2v) is 5.79. The van der Waals surface area contributed by atoms with E-state index in [1.54, 1.807) is 18.5 Å². The van der Waals surface area contributed by atoms with Crippen LogP contribution in [0.3, 0.4) is 0 Å². The number of nitrogens with two attached hydrogens (primary N) is 1. The zero-order chi connectivity index (χ0) is 14.0. The summed E-state index contributed by atoms with van der Waals surface area (Å²) in [6.45, 7) is 8.64. The molecule has 0 spiro atoms. The third kappa shape index (κ3) is 3.25. The molecule has 1 aromatic heterocycles. The molecule has 0 saturated carbocycles. The van der Waals surface area contributed by atoms with Crippen molar-refractivity contribution >= 4 is 5.69 Å². The van der Waals surface area contributed by atoms with Crippen LogP contribution in [0.1, 0.15) is 31.9 Å². The van der Waals surface area contributed by atoms with Crippen LogP contribution < -0.4 is 10.5 Å². The van der Waals surface area contributed by atoms with Crippen molar-refractivity contribution < 1.29 is 4.74 Å². The highest BCUT2D eigenvalue weighted by atomic mass is 16.5. The van der Waals surface area contributed by atoms with Gasteiger partial charge in [0, 0.05) is 6.07 Å². The topological polar surface area (TPSA) is 48.1 Å². The van der Waals surface area contributed by atoms with E-state index in [0.717, 1.165) is 11.3 Å². The van der Waals surface area contributed by atoms with Crippen molar-refractivity contribution in [1.29, 1.82) is 0 Å². The zero-order valence-electron chi connectivity index (χ0n) is 11.9. The first-order chi connectivity index (χ1) is 8.86. The highest BCUT2D eigenvalue weighted by Crippen LogP contribution is 2.30. The largest absolute Gasteiger partial charge is 0.455 e. The van der Waals surface area contributed by atoms with Crippen molar-refractivity contribution in [3.8, 4) is 11.5 Å². The lowest BCUT2D eigenvalue weighted by Gasteiger charge is -2.20. The first kappa shape index (κ1) is 13.4. The van der Waals surface area contributed by atoms with Gasteiger partial charge in [0.2, 0.25) is 0 Å². The minimum Gasteiger partial charge on any atom is -0.455 e. The van der Waals surface area contributed by atoms with E-state index in [1.807, 2.05) is 13.0 Å². The summed E-state index contributed by atoms with van der Waals surface area (Å²) < 4.78 is 5.82. The number of aryl methyl sites for hydroxylation is 1. The summed E-state index contributed by atoms with van der Waals surface area (Å²) in [7, 11) is 0. The van der Waals surface area contributed by atoms with Gasteiger partial charge in [-0.2, -0.15) is 0 Å². The number of benzene rings is 1. The number of nitrogens with zero attached hydrogens (tertiary/aromatic N) is 1. The first-order valence-electron chi connectivity index (χ1n) is 6.36. The Labute approximate surface area is 114 Å². The zero-order valence-corrected chi connectivity index (χ0v) is 11.9. The summed E-state index contributed by atoms with van der Waals surface area (Å²) in [5.41, 5.74) is 8.83. The molecule has 2 N–H and O–H groups in total. The fraction of sp³-hybridized carbons (Fsp3) is 0.312. The van der Waals surface area contributed by atoms with Gasteiger partial charge in [0.25, 0.3) is 0 Å². The molecule has 2 aromatic rings. The van der Waals surface area contributed by atoms with Crippen LogP contribution in [-0.4, -0.2) is 4.98 Å². The van der Waals surface area contributed by atoms with Crippen molar-refractivity contribution in [3.05, 3.63) is 47.8 Å². The smallest absolute Gasteiger partial charge is 0.147 e. The summed E-state index contributed by atoms with van der Waals surface area (Å²) in [6.07, 6.45) is 3.26. The van der Waals surface area contributed by atoms with Crippen LogP contribution in [-0.2, 0) is 5.41 Å². The maximum absolute atomic E-state index is 5.82. The summed E-state index contributed by atoms with van der Waals surface area (Å²) in [5.74, 6) is 1.49. The molecule has 0 saturated heterocycles. The third-order valence-corrected chi connectivity index (χ3v) is 3.00. The molecule has 0 bridgehead atoms. The Hall–Kier alpha value is -2.03. The molecule has 1 heterocycles. The summed E-state index contributed by atoms with van der Waals surface area (Å²) in [6, 6.07) is 8.03. The number of pyridine rings is 1. The van der Waals surface area contributed by atoms with Crippen molar-refractivity contribution in [2.75, 3.05) is 5.73 Å². The molecular formula is C16H20N2O. The molecular weight excluding hydrogens is 236 g/mol. The minimum atomic E-state index is 0.141. The molecule has 1 aromatic carbocycles. The normalized spacial score (nSPS) is 11.4. The molecule has 0 aliphatic heterocycles. The van der Waals surface area contributed by atoms with Crippen molar-refractivity contribution in [1.82, 2.24) is 4.98 Å². The van der Waals surface area contributed by atoms with Gasteiger partial charge in [0.1, 0.15) is 11.5 Å². The lowest BCUT2D eigenvalue weighted by atomic mass is 9.86. The molecule has 0 radical (unpaired) electrons. The predicted octanol–water partition coefficient (Wildman–Crippen LogP) is 4.06. The van der Waals surface area contributed by atoms with E-state index in [0.29, 0.717) is 11.4 Å². The summed E-state index contributed by atoms with van der Waals surface area (Å²) in [5, 5.41) is 0. The number of rotatable bonds is 2. The number of hydrogen-bond donors (Lipinski definition) is 1. The number of aromatic nitrogens is 1. The number of hydrogen-bond acceptors (Lipinski definition) is 3. The van der Waals surface area contributed by atoms with E-state index >= 15 is 0 Å². The number of ether oxygens (including phenoxy) is 1. The van der Waals surface area contributed by atoms with E-state index in [4.69, 9.17) is 10.5 Å². The lowest BCUT2D eigenvalue weighted by Crippen LogP contribution is -2.11. The van der Waals surface area contributed by atoms with Gasteiger partial charge < -0.3 is 10.5 Å². The molecule has 3 heteroatoms. The standard InChI is InChI=1S/C16H20N2O/c1-11-7-12(16(2,3)4)5-6-15(11)19-14-8-13(17)9-18-10-14/h5-10H,17H2,1-4H3. The Morgan fingerprint density at radius 2 is 1.84 bits per heavy atom. The average molecular weight is 256 g/mol. The van der Waals surface area contributed by atoms with Crippen LogP contribution in [0.5, 0.6) is 11.5 Å². The molecule has 3 nitrogen and oxygen atoms in total. The van der Waals surface area contributed by atoms with Crippen LogP contribution in [0.15, 0.2) is 36.7 Å². The van der Waals surface area contributed by atoms with E-state index in [2.05, 4.69) is 37.9 Å². The lowest BCUT2D eigenvalue weighted by molar-refractivity contribution is 0.475. The summed E-state index contributed by atoms with van der Waals surface area (Å²) >= 11 is 0. The Kier molecular flexibility index (Phi) is 3.47. The van der Waals surface area contributed by atoms with Gasteiger partial charge in [-0.05, 0) is 29.5 Å². The van der Waals surface area contributed by atoms with Gasteiger partial charge >= 0.3 is 0 Å². The van der Waals surface area contributed by atoms with Crippen molar-refractivity contribution in [3.63, 3.8) is 0 Å². The Morgan fingerprint density at radius 3 is 2.42 bits per heavy atom. The monoisotopic (exact) mass is 256 g/mol. The van der Waals surface area contributed by atoms with Crippen LogP contribution in [0, 0.1) is 6.92 Å². The fourth-order valence-electron chi connectivity index (χ4n) is 1.85. The van der Waals surface area contributed by atoms with Gasteiger partial charge in [-0.3, -0.25) is 4.98 Å². The van der Waals surface area contributed by atoms with Gasteiger partial charge in [0.05, 0.1) is 18.1 Å². The second-order valence-electron chi connectivity index (χ2n) is 5.79. The predicted molar refractivity (Wildman–Crippen MR) is 78.6 cm³/mol. The summed E-state index contributed by atoms with van der Waals surface area (Å²) in [4.78, 5) is 4.02. The number of nitrogen functional groups attached to an aromatic ring is 1. The maximum atomic E-state index is 5.82. The van der Waals surface area contributed by atoms with Gasteiger partial charge in [-0.15, -0.1) is 0 Å². The Bertz CT molecular complexity index is 586. The second kappa shape index (κ2) is 4.92. The highest BCUT2D eigenvalue weighted by Gasteiger charge is 2.14. The molecule has 2 rings (SSSR count). The molecule has 19 heavy (non-hydrogen) atoms. The molecule has 0 aliphatic carbocycles. The van der Waals surface area contributed by atoms with Crippen molar-refractivity contribution in [2.24, 2.45) is 0 Å². The van der Waals surface area contributed by atoms with E-state index in [-0.39, 0.29) is 5.41 Å². The van der Waals surface area contributed by atoms with Crippen LogP contribution in [0.2, 0.25) is 0 Å². The molecule has 0 fully saturated rings. The van der Waals surface area contributed by atoms with Crippen LogP contribution >= 0.6 is 0 Å². The van der Waals surface area contributed by atoms with Crippen LogP contribution in [0.25, 0.3) is 0 Å². The number of anilines is 1. The Balaban J connectivity index is 2.27. The highest BCUT2D eigenvalue weighted by molar-refractivity contribution is 5.44. The van der Waals surface area contributed by atoms with Gasteiger partial charge in [-0.25, -0.2) is 0 Å². The fourth-order valence-corrected chi connectivity index (χ4v) is 1.85. The average Bonchev–Trinajstić information content (AvgIpc) is 2.30. The Morgan fingerprint density at radius 1 is 1.11 bits per heavy atom. The van der Waals surface area contributed by atoms with Crippen molar-refractivity contribution in [2.45, 2.75) is 33.1 Å². The van der Waals surface area contributed by atoms with Gasteiger partial charge in [-0.1, -0.05) is 32.9 Å². The molecule has 0 unspecified atom stereocenters. The van der Waals surface area contributed by atoms with Crippen LogP contribution in [0.4, 0.5) is 5.69 Å². The molecule has 0 aliphatic rings. The van der Waals surface area contributed by atoms with E-state index < -0.39 is 0 Å². The molecule has 0 atom stereocenters. The molecule has 0 amide bonds. The molecule has 100 valence electrons. The SMILES string of the molecule is Cc1cc(C(C)(C)C)ccc1Oc1cncc(N)c1.